The molecule has 0 saturated carbocycles. The van der Waals surface area contributed by atoms with Gasteiger partial charge in [-0.1, -0.05) is 12.1 Å². The summed E-state index contributed by atoms with van der Waals surface area (Å²) in [6.45, 7) is 2.32. The monoisotopic (exact) mass is 347 g/mol. The molecule has 0 fully saturated rings. The van der Waals surface area contributed by atoms with Crippen LogP contribution < -0.4 is 5.43 Å². The molecule has 0 saturated heterocycles. The van der Waals surface area contributed by atoms with Crippen molar-refractivity contribution in [1.82, 2.24) is 10.4 Å². The lowest BCUT2D eigenvalue weighted by Crippen LogP contribution is -2.10. The first-order valence-electron chi connectivity index (χ1n) is 7.10. The number of esters is 2. The fourth-order valence-electron chi connectivity index (χ4n) is 1.79. The van der Waals surface area contributed by atoms with Gasteiger partial charge in [-0.25, -0.2) is 14.6 Å². The highest BCUT2D eigenvalue weighted by Crippen LogP contribution is 2.12. The van der Waals surface area contributed by atoms with E-state index in [4.69, 9.17) is 4.74 Å². The van der Waals surface area contributed by atoms with Gasteiger partial charge in [0.1, 0.15) is 11.5 Å². The molecule has 0 atom stereocenters. The maximum absolute atomic E-state index is 11.7. The van der Waals surface area contributed by atoms with Crippen LogP contribution in [0, 0.1) is 6.92 Å². The Bertz CT molecular complexity index is 725. The topological polar surface area (TPSA) is 89.9 Å². The Morgan fingerprint density at radius 1 is 1.29 bits per heavy atom. The van der Waals surface area contributed by atoms with Crippen molar-refractivity contribution in [2.45, 2.75) is 13.5 Å². The Morgan fingerprint density at radius 3 is 2.67 bits per heavy atom. The number of hydrazone groups is 1. The van der Waals surface area contributed by atoms with Crippen LogP contribution in [0.15, 0.2) is 34.9 Å². The molecule has 8 heteroatoms. The molecule has 0 spiro atoms. The lowest BCUT2D eigenvalue weighted by molar-refractivity contribution is 0.0568. The third kappa shape index (κ3) is 4.88. The molecule has 2 rings (SSSR count). The van der Waals surface area contributed by atoms with Crippen LogP contribution in [-0.2, 0) is 16.0 Å². The molecule has 1 heterocycles. The van der Waals surface area contributed by atoms with E-state index in [-0.39, 0.29) is 12.6 Å². The molecule has 1 aromatic heterocycles. The standard InChI is InChI=1S/C16H17N3O4S/c1-11-14(24-10-17-11)16(21)23-8-7-18-19-9-12-3-5-13(6-4-12)15(20)22-2/h3-7,10,19H,8-9H2,1-2H3/b18-7+. The third-order valence-corrected chi connectivity index (χ3v) is 3.97. The fourth-order valence-corrected chi connectivity index (χ4v) is 2.49. The molecular weight excluding hydrogens is 330 g/mol. The van der Waals surface area contributed by atoms with Crippen LogP contribution in [0.3, 0.4) is 0 Å². The summed E-state index contributed by atoms with van der Waals surface area (Å²) in [6, 6.07) is 6.99. The minimum Gasteiger partial charge on any atom is -0.465 e. The number of hydrogen-bond donors (Lipinski definition) is 1. The predicted molar refractivity (Wildman–Crippen MR) is 90.2 cm³/mol. The molecule has 0 aliphatic carbocycles. The number of aryl methyl sites for hydroxylation is 1. The maximum Gasteiger partial charge on any atom is 0.350 e. The lowest BCUT2D eigenvalue weighted by atomic mass is 10.1. The van der Waals surface area contributed by atoms with E-state index in [0.717, 1.165) is 5.56 Å². The molecule has 0 unspecified atom stereocenters. The minimum absolute atomic E-state index is 0.0739. The van der Waals surface area contributed by atoms with Crippen LogP contribution in [-0.4, -0.2) is 36.9 Å². The van der Waals surface area contributed by atoms with Crippen LogP contribution in [0.5, 0.6) is 0 Å². The predicted octanol–water partition coefficient (Wildman–Crippen LogP) is 2.17. The SMILES string of the molecule is COC(=O)c1ccc(CN/N=C/COC(=O)c2scnc2C)cc1. The number of benzene rings is 1. The van der Waals surface area contributed by atoms with Crippen molar-refractivity contribution in [3.05, 3.63) is 51.5 Å². The summed E-state index contributed by atoms with van der Waals surface area (Å²) in [5.74, 6) is -0.773. The largest absolute Gasteiger partial charge is 0.465 e. The zero-order valence-corrected chi connectivity index (χ0v) is 14.1. The van der Waals surface area contributed by atoms with Crippen LogP contribution in [0.25, 0.3) is 0 Å². The van der Waals surface area contributed by atoms with E-state index in [2.05, 4.69) is 20.2 Å². The van der Waals surface area contributed by atoms with E-state index >= 15 is 0 Å². The molecule has 0 aliphatic heterocycles. The van der Waals surface area contributed by atoms with Gasteiger partial charge in [-0.15, -0.1) is 11.3 Å². The molecule has 0 aliphatic rings. The second-order valence-electron chi connectivity index (χ2n) is 4.70. The summed E-state index contributed by atoms with van der Waals surface area (Å²) >= 11 is 1.25. The highest BCUT2D eigenvalue weighted by molar-refractivity contribution is 7.11. The molecule has 1 N–H and O–H groups in total. The van der Waals surface area contributed by atoms with Crippen molar-refractivity contribution in [1.29, 1.82) is 0 Å². The van der Waals surface area contributed by atoms with Crippen LogP contribution in [0.1, 0.15) is 31.3 Å². The van der Waals surface area contributed by atoms with E-state index in [0.29, 0.717) is 22.7 Å². The number of rotatable bonds is 7. The van der Waals surface area contributed by atoms with Gasteiger partial charge >= 0.3 is 11.9 Å². The molecule has 24 heavy (non-hydrogen) atoms. The lowest BCUT2D eigenvalue weighted by Gasteiger charge is -2.03. The number of aromatic nitrogens is 1. The van der Waals surface area contributed by atoms with Gasteiger partial charge in [0.25, 0.3) is 0 Å². The minimum atomic E-state index is -0.403. The van der Waals surface area contributed by atoms with Crippen molar-refractivity contribution < 1.29 is 19.1 Å². The highest BCUT2D eigenvalue weighted by Gasteiger charge is 2.12. The average Bonchev–Trinajstić information content (AvgIpc) is 3.03. The normalized spacial score (nSPS) is 10.6. The van der Waals surface area contributed by atoms with Gasteiger partial charge < -0.3 is 14.9 Å². The Balaban J connectivity index is 1.70. The quantitative estimate of drug-likeness (QED) is 0.469. The maximum atomic E-state index is 11.7. The summed E-state index contributed by atoms with van der Waals surface area (Å²) < 4.78 is 9.70. The van der Waals surface area contributed by atoms with Gasteiger partial charge in [0, 0.05) is 0 Å². The van der Waals surface area contributed by atoms with Crippen molar-refractivity contribution in [2.75, 3.05) is 13.7 Å². The Hall–Kier alpha value is -2.74. The number of carbonyl (C=O) groups excluding carboxylic acids is 2. The molecule has 0 radical (unpaired) electrons. The summed E-state index contributed by atoms with van der Waals surface area (Å²) in [6.07, 6.45) is 1.47. The molecule has 0 amide bonds. The number of carbonyl (C=O) groups is 2. The van der Waals surface area contributed by atoms with Gasteiger partial charge in [-0.3, -0.25) is 0 Å². The zero-order chi connectivity index (χ0) is 17.4. The van der Waals surface area contributed by atoms with Gasteiger partial charge in [0.2, 0.25) is 0 Å². The second kappa shape index (κ2) is 8.78. The number of nitrogens with zero attached hydrogens (tertiary/aromatic N) is 2. The first-order chi connectivity index (χ1) is 11.6. The van der Waals surface area contributed by atoms with Crippen LogP contribution in [0.2, 0.25) is 0 Å². The van der Waals surface area contributed by atoms with Crippen molar-refractivity contribution in [2.24, 2.45) is 5.10 Å². The number of nitrogens with one attached hydrogen (secondary N) is 1. The number of methoxy groups -OCH3 is 1. The first-order valence-corrected chi connectivity index (χ1v) is 7.98. The van der Waals surface area contributed by atoms with E-state index < -0.39 is 5.97 Å². The van der Waals surface area contributed by atoms with E-state index in [1.165, 1.54) is 24.7 Å². The third-order valence-electron chi connectivity index (χ3n) is 3.06. The Labute approximate surface area is 143 Å². The van der Waals surface area contributed by atoms with Crippen molar-refractivity contribution in [3.63, 3.8) is 0 Å². The summed E-state index contributed by atoms with van der Waals surface area (Å²) in [4.78, 5) is 27.5. The first kappa shape index (κ1) is 17.6. The molecule has 0 bridgehead atoms. The number of thiazole rings is 1. The molecule has 126 valence electrons. The molecule has 7 nitrogen and oxygen atoms in total. The smallest absolute Gasteiger partial charge is 0.350 e. The van der Waals surface area contributed by atoms with Gasteiger partial charge in [0.15, 0.2) is 0 Å². The average molecular weight is 347 g/mol. The second-order valence-corrected chi connectivity index (χ2v) is 5.56. The summed E-state index contributed by atoms with van der Waals surface area (Å²) in [5.41, 5.74) is 6.55. The summed E-state index contributed by atoms with van der Waals surface area (Å²) in [5, 5.41) is 3.96. The van der Waals surface area contributed by atoms with E-state index in [1.807, 2.05) is 0 Å². The van der Waals surface area contributed by atoms with E-state index in [9.17, 15) is 9.59 Å². The van der Waals surface area contributed by atoms with Gasteiger partial charge in [-0.2, -0.15) is 5.10 Å². The van der Waals surface area contributed by atoms with Crippen LogP contribution >= 0.6 is 11.3 Å². The van der Waals surface area contributed by atoms with Gasteiger partial charge in [-0.05, 0) is 24.6 Å². The summed E-state index contributed by atoms with van der Waals surface area (Å²) in [7, 11) is 1.34. The number of hydrogen-bond acceptors (Lipinski definition) is 8. The van der Waals surface area contributed by atoms with Gasteiger partial charge in [0.05, 0.1) is 36.6 Å². The highest BCUT2D eigenvalue weighted by atomic mass is 32.1. The fraction of sp³-hybridized carbons (Fsp3) is 0.250. The van der Waals surface area contributed by atoms with Crippen LogP contribution in [0.4, 0.5) is 0 Å². The molecule has 2 aromatic rings. The number of ether oxygens (including phenoxy) is 2. The molecular formula is C16H17N3O4S. The Morgan fingerprint density at radius 2 is 2.04 bits per heavy atom. The zero-order valence-electron chi connectivity index (χ0n) is 13.3. The Kier molecular flexibility index (Phi) is 6.44. The van der Waals surface area contributed by atoms with Crippen molar-refractivity contribution in [3.8, 4) is 0 Å². The molecule has 1 aromatic carbocycles. The van der Waals surface area contributed by atoms with Crippen molar-refractivity contribution >= 4 is 29.5 Å². The van der Waals surface area contributed by atoms with E-state index in [1.54, 1.807) is 36.7 Å².